The van der Waals surface area contributed by atoms with Gasteiger partial charge in [-0.15, -0.1) is 12.4 Å². The largest absolute Gasteiger partial charge is 0.340 e. The topological polar surface area (TPSA) is 69.7 Å². The third-order valence-electron chi connectivity index (χ3n) is 4.79. The van der Waals surface area contributed by atoms with Crippen molar-refractivity contribution in [3.05, 3.63) is 0 Å². The van der Waals surface area contributed by atoms with Crippen molar-refractivity contribution in [2.24, 2.45) is 0 Å². The van der Waals surface area contributed by atoms with E-state index in [2.05, 4.69) is 12.2 Å². The van der Waals surface area contributed by atoms with E-state index in [1.165, 1.54) is 0 Å². The number of amides is 1. The van der Waals surface area contributed by atoms with E-state index in [0.29, 0.717) is 32.0 Å². The molecule has 6 nitrogen and oxygen atoms in total. The van der Waals surface area contributed by atoms with Gasteiger partial charge in [0.15, 0.2) is 0 Å². The highest BCUT2D eigenvalue weighted by molar-refractivity contribution is 7.89. The van der Waals surface area contributed by atoms with Gasteiger partial charge in [-0.1, -0.05) is 6.92 Å². The maximum absolute atomic E-state index is 12.5. The van der Waals surface area contributed by atoms with Crippen molar-refractivity contribution in [1.29, 1.82) is 0 Å². The van der Waals surface area contributed by atoms with Crippen LogP contribution in [0.3, 0.4) is 0 Å². The number of nitrogens with zero attached hydrogens (tertiary/aromatic N) is 2. The molecule has 0 aromatic rings. The summed E-state index contributed by atoms with van der Waals surface area (Å²) in [6.07, 6.45) is 5.63. The minimum absolute atomic E-state index is 0. The van der Waals surface area contributed by atoms with E-state index in [9.17, 15) is 13.2 Å². The average Bonchev–Trinajstić information content (AvgIpc) is 3.08. The zero-order chi connectivity index (χ0) is 16.7. The summed E-state index contributed by atoms with van der Waals surface area (Å²) in [6, 6.07) is 0.318. The average molecular weight is 382 g/mol. The molecule has 0 saturated carbocycles. The molecule has 0 aromatic carbocycles. The molecule has 0 aromatic heterocycles. The second-order valence-electron chi connectivity index (χ2n) is 6.59. The van der Waals surface area contributed by atoms with Gasteiger partial charge in [0.1, 0.15) is 0 Å². The summed E-state index contributed by atoms with van der Waals surface area (Å²) in [6.45, 7) is 6.07. The van der Waals surface area contributed by atoms with Gasteiger partial charge in [-0.05, 0) is 51.6 Å². The summed E-state index contributed by atoms with van der Waals surface area (Å²) in [7, 11) is -3.17. The lowest BCUT2D eigenvalue weighted by Crippen LogP contribution is -2.46. The van der Waals surface area contributed by atoms with Crippen LogP contribution in [0.2, 0.25) is 0 Å². The molecule has 0 bridgehead atoms. The van der Waals surface area contributed by atoms with Crippen LogP contribution in [0.25, 0.3) is 0 Å². The maximum atomic E-state index is 12.5. The molecule has 0 spiro atoms. The summed E-state index contributed by atoms with van der Waals surface area (Å²) in [4.78, 5) is 14.5. The molecule has 1 N–H and O–H groups in total. The zero-order valence-corrected chi connectivity index (χ0v) is 16.3. The number of carbonyl (C=O) groups excluding carboxylic acids is 1. The van der Waals surface area contributed by atoms with Gasteiger partial charge in [0.2, 0.25) is 15.9 Å². The molecule has 0 radical (unpaired) electrons. The molecule has 0 unspecified atom stereocenters. The van der Waals surface area contributed by atoms with E-state index in [1.54, 1.807) is 4.31 Å². The molecule has 2 saturated heterocycles. The quantitative estimate of drug-likeness (QED) is 0.693. The molecule has 142 valence electrons. The van der Waals surface area contributed by atoms with Crippen LogP contribution in [-0.4, -0.2) is 68.0 Å². The summed E-state index contributed by atoms with van der Waals surface area (Å²) in [5.74, 6) is 0.223. The van der Waals surface area contributed by atoms with Crippen molar-refractivity contribution in [1.82, 2.24) is 14.5 Å². The van der Waals surface area contributed by atoms with Gasteiger partial charge in [-0.2, -0.15) is 0 Å². The van der Waals surface area contributed by atoms with Crippen LogP contribution >= 0.6 is 12.4 Å². The Morgan fingerprint density at radius 3 is 2.42 bits per heavy atom. The number of hydrogen-bond donors (Lipinski definition) is 1. The molecule has 0 aliphatic carbocycles. The van der Waals surface area contributed by atoms with E-state index >= 15 is 0 Å². The van der Waals surface area contributed by atoms with E-state index in [4.69, 9.17) is 0 Å². The van der Waals surface area contributed by atoms with Gasteiger partial charge in [0.25, 0.3) is 0 Å². The lowest BCUT2D eigenvalue weighted by molar-refractivity contribution is -0.134. The molecule has 2 rings (SSSR count). The first-order valence-electron chi connectivity index (χ1n) is 9.02. The Morgan fingerprint density at radius 1 is 1.21 bits per heavy atom. The first-order valence-corrected chi connectivity index (χ1v) is 10.6. The van der Waals surface area contributed by atoms with Gasteiger partial charge >= 0.3 is 0 Å². The van der Waals surface area contributed by atoms with Crippen LogP contribution in [0.1, 0.15) is 51.9 Å². The number of halogens is 1. The Morgan fingerprint density at radius 2 is 1.83 bits per heavy atom. The number of piperidine rings is 1. The van der Waals surface area contributed by atoms with E-state index in [0.717, 1.165) is 51.7 Å². The van der Waals surface area contributed by atoms with Crippen molar-refractivity contribution in [3.63, 3.8) is 0 Å². The molecule has 8 heteroatoms. The van der Waals surface area contributed by atoms with E-state index < -0.39 is 10.0 Å². The van der Waals surface area contributed by atoms with Crippen LogP contribution in [0.5, 0.6) is 0 Å². The molecule has 2 fully saturated rings. The highest BCUT2D eigenvalue weighted by atomic mass is 35.5. The highest BCUT2D eigenvalue weighted by Crippen LogP contribution is 2.17. The van der Waals surface area contributed by atoms with Crippen molar-refractivity contribution >= 4 is 28.3 Å². The molecular weight excluding hydrogens is 350 g/mol. The summed E-state index contributed by atoms with van der Waals surface area (Å²) in [5.41, 5.74) is 0. The highest BCUT2D eigenvalue weighted by Gasteiger charge is 2.27. The molecule has 24 heavy (non-hydrogen) atoms. The molecule has 2 aliphatic heterocycles. The number of hydrogen-bond acceptors (Lipinski definition) is 4. The summed E-state index contributed by atoms with van der Waals surface area (Å²) in [5, 5.41) is 3.32. The van der Waals surface area contributed by atoms with Crippen molar-refractivity contribution in [3.8, 4) is 0 Å². The van der Waals surface area contributed by atoms with Crippen molar-refractivity contribution in [2.45, 2.75) is 57.9 Å². The minimum atomic E-state index is -3.17. The lowest BCUT2D eigenvalue weighted by atomic mass is 10.0. The van der Waals surface area contributed by atoms with Gasteiger partial charge in [-0.25, -0.2) is 12.7 Å². The smallest absolute Gasteiger partial charge is 0.222 e. The third kappa shape index (κ3) is 6.17. The van der Waals surface area contributed by atoms with Crippen molar-refractivity contribution < 1.29 is 13.2 Å². The van der Waals surface area contributed by atoms with Crippen LogP contribution in [0.4, 0.5) is 0 Å². The molecule has 2 heterocycles. The Balaban J connectivity index is 0.00000288. The molecule has 2 aliphatic rings. The fraction of sp³-hybridized carbons (Fsp3) is 0.938. The van der Waals surface area contributed by atoms with Crippen LogP contribution in [0, 0.1) is 0 Å². The van der Waals surface area contributed by atoms with E-state index in [-0.39, 0.29) is 24.1 Å². The van der Waals surface area contributed by atoms with Gasteiger partial charge < -0.3 is 10.2 Å². The molecule has 1 amide bonds. The molecule has 0 atom stereocenters. The second kappa shape index (κ2) is 10.6. The predicted molar refractivity (Wildman–Crippen MR) is 99.0 cm³/mol. The van der Waals surface area contributed by atoms with Crippen LogP contribution < -0.4 is 5.32 Å². The normalized spacial score (nSPS) is 19.9. The number of sulfonamides is 1. The fourth-order valence-corrected chi connectivity index (χ4v) is 5.10. The van der Waals surface area contributed by atoms with E-state index in [1.807, 2.05) is 4.90 Å². The second-order valence-corrected chi connectivity index (χ2v) is 8.68. The third-order valence-corrected chi connectivity index (χ3v) is 6.74. The number of nitrogens with one attached hydrogen (secondary N) is 1. The van der Waals surface area contributed by atoms with Crippen molar-refractivity contribution in [2.75, 3.05) is 38.5 Å². The Hall–Kier alpha value is -0.370. The van der Waals surface area contributed by atoms with Crippen LogP contribution in [-0.2, 0) is 14.8 Å². The Bertz CT molecular complexity index is 475. The fourth-order valence-electron chi connectivity index (χ4n) is 3.51. The van der Waals surface area contributed by atoms with Gasteiger partial charge in [-0.3, -0.25) is 4.79 Å². The predicted octanol–water partition coefficient (Wildman–Crippen LogP) is 1.60. The Labute approximate surface area is 152 Å². The standard InChI is InChI=1S/C16H31N3O3S.ClH/c1-2-11-19(15-7-9-17-10-8-15)16(20)6-5-14-23(21,22)18-12-3-4-13-18;/h15,17H,2-14H2,1H3;1H. The first kappa shape index (κ1) is 21.7. The SMILES string of the molecule is CCCN(C(=O)CCCS(=O)(=O)N1CCCC1)C1CCNCC1.Cl. The monoisotopic (exact) mass is 381 g/mol. The minimum Gasteiger partial charge on any atom is -0.340 e. The maximum Gasteiger partial charge on any atom is 0.222 e. The van der Waals surface area contributed by atoms with Gasteiger partial charge in [0, 0.05) is 32.1 Å². The lowest BCUT2D eigenvalue weighted by Gasteiger charge is -2.34. The Kier molecular flexibility index (Phi) is 9.56. The van der Waals surface area contributed by atoms with Gasteiger partial charge in [0.05, 0.1) is 5.75 Å². The molecular formula is C16H32ClN3O3S. The van der Waals surface area contributed by atoms with Crippen LogP contribution in [0.15, 0.2) is 0 Å². The number of carbonyl (C=O) groups is 1. The number of rotatable bonds is 8. The zero-order valence-electron chi connectivity index (χ0n) is 14.7. The summed E-state index contributed by atoms with van der Waals surface area (Å²) >= 11 is 0. The summed E-state index contributed by atoms with van der Waals surface area (Å²) < 4.78 is 26.0. The first-order chi connectivity index (χ1) is 11.0.